The Hall–Kier alpha value is -3.54. The number of rotatable bonds is 8. The molecule has 1 atom stereocenters. The van der Waals surface area contributed by atoms with Crippen LogP contribution in [-0.2, 0) is 14.8 Å². The molecular weight excluding hydrogens is 416 g/mol. The zero-order chi connectivity index (χ0) is 22.6. The molecule has 0 aromatic heterocycles. The molecule has 1 amide bonds. The number of benzene rings is 2. The van der Waals surface area contributed by atoms with E-state index < -0.39 is 31.8 Å². The van der Waals surface area contributed by atoms with Crippen molar-refractivity contribution in [3.05, 3.63) is 68.3 Å². The summed E-state index contributed by atoms with van der Waals surface area (Å²) in [6.07, 6.45) is 0.940. The van der Waals surface area contributed by atoms with Gasteiger partial charge in [0.15, 0.2) is 0 Å². The van der Waals surface area contributed by atoms with Gasteiger partial charge in [-0.2, -0.15) is 0 Å². The highest BCUT2D eigenvalue weighted by Gasteiger charge is 2.32. The van der Waals surface area contributed by atoms with Gasteiger partial charge in [-0.25, -0.2) is 8.42 Å². The number of amides is 1. The van der Waals surface area contributed by atoms with Gasteiger partial charge in [0.05, 0.1) is 33.0 Å². The van der Waals surface area contributed by atoms with Gasteiger partial charge >= 0.3 is 0 Å². The first-order valence-corrected chi connectivity index (χ1v) is 10.6. The van der Waals surface area contributed by atoms with Gasteiger partial charge in [-0.05, 0) is 25.5 Å². The zero-order valence-corrected chi connectivity index (χ0v) is 17.3. The van der Waals surface area contributed by atoms with Crippen molar-refractivity contribution in [1.29, 1.82) is 0 Å². The minimum Gasteiger partial charge on any atom is -0.324 e. The quantitative estimate of drug-likeness (QED) is 0.493. The standard InChI is InChI=1S/C18H20N4O7S/c1-4-16(18(23)19-15-9-6-10-17(12(15)2)22(26)27)20(30(3,28)29)13-7-5-8-14(11-13)21(24)25/h5-11,16H,4H2,1-3H3,(H,19,23). The van der Waals surface area contributed by atoms with Crippen LogP contribution in [0, 0.1) is 27.2 Å². The third-order valence-corrected chi connectivity index (χ3v) is 5.56. The number of sulfonamides is 1. The molecular formula is C18H20N4O7S. The second-order valence-corrected chi connectivity index (χ2v) is 8.32. The number of hydrogen-bond acceptors (Lipinski definition) is 7. The molecule has 0 bridgehead atoms. The van der Waals surface area contributed by atoms with Crippen molar-refractivity contribution >= 4 is 38.7 Å². The maximum Gasteiger partial charge on any atom is 0.274 e. The third-order valence-electron chi connectivity index (χ3n) is 4.38. The van der Waals surface area contributed by atoms with Crippen LogP contribution in [0.2, 0.25) is 0 Å². The summed E-state index contributed by atoms with van der Waals surface area (Å²) in [7, 11) is -4.00. The van der Waals surface area contributed by atoms with Crippen molar-refractivity contribution in [3.8, 4) is 0 Å². The molecule has 0 saturated heterocycles. The van der Waals surface area contributed by atoms with Gasteiger partial charge < -0.3 is 5.32 Å². The average molecular weight is 436 g/mol. The van der Waals surface area contributed by atoms with Crippen LogP contribution in [0.3, 0.4) is 0 Å². The van der Waals surface area contributed by atoms with E-state index in [1.165, 1.54) is 43.3 Å². The number of nitrogens with one attached hydrogen (secondary N) is 1. The molecule has 1 N–H and O–H groups in total. The van der Waals surface area contributed by atoms with Crippen LogP contribution < -0.4 is 9.62 Å². The molecule has 0 aliphatic rings. The Bertz CT molecular complexity index is 1100. The molecule has 0 radical (unpaired) electrons. The lowest BCUT2D eigenvalue weighted by atomic mass is 10.1. The Balaban J connectivity index is 2.47. The van der Waals surface area contributed by atoms with Gasteiger partial charge in [-0.1, -0.05) is 19.1 Å². The summed E-state index contributed by atoms with van der Waals surface area (Å²) in [5, 5.41) is 24.7. The van der Waals surface area contributed by atoms with Crippen LogP contribution in [0.1, 0.15) is 18.9 Å². The molecule has 0 spiro atoms. The van der Waals surface area contributed by atoms with E-state index in [4.69, 9.17) is 0 Å². The summed E-state index contributed by atoms with van der Waals surface area (Å²) in [5.41, 5.74) is -0.179. The predicted octanol–water partition coefficient (Wildman–Crippen LogP) is 2.99. The maximum absolute atomic E-state index is 12.9. The summed E-state index contributed by atoms with van der Waals surface area (Å²) in [5.74, 6) is -0.724. The molecule has 0 saturated carbocycles. The number of nitro groups is 2. The average Bonchev–Trinajstić information content (AvgIpc) is 2.66. The Labute approximate surface area is 172 Å². The highest BCUT2D eigenvalue weighted by atomic mass is 32.2. The maximum atomic E-state index is 12.9. The number of anilines is 2. The van der Waals surface area contributed by atoms with Crippen molar-refractivity contribution in [2.24, 2.45) is 0 Å². The molecule has 0 heterocycles. The molecule has 1 unspecified atom stereocenters. The summed E-state index contributed by atoms with van der Waals surface area (Å²) < 4.78 is 25.7. The number of hydrogen-bond donors (Lipinski definition) is 1. The molecule has 2 rings (SSSR count). The van der Waals surface area contributed by atoms with Gasteiger partial charge in [-0.15, -0.1) is 0 Å². The van der Waals surface area contributed by atoms with Crippen LogP contribution in [0.5, 0.6) is 0 Å². The van der Waals surface area contributed by atoms with Crippen LogP contribution in [0.25, 0.3) is 0 Å². The molecule has 160 valence electrons. The fraction of sp³-hybridized carbons (Fsp3) is 0.278. The first kappa shape index (κ1) is 22.7. The normalized spacial score (nSPS) is 12.1. The summed E-state index contributed by atoms with van der Waals surface area (Å²) in [6, 6.07) is 7.85. The predicted molar refractivity (Wildman–Crippen MR) is 111 cm³/mol. The molecule has 0 aliphatic carbocycles. The van der Waals surface area contributed by atoms with Crippen molar-refractivity contribution < 1.29 is 23.1 Å². The lowest BCUT2D eigenvalue weighted by Gasteiger charge is -2.30. The van der Waals surface area contributed by atoms with Crippen LogP contribution in [-0.4, -0.2) is 36.5 Å². The van der Waals surface area contributed by atoms with E-state index in [9.17, 15) is 33.4 Å². The lowest BCUT2D eigenvalue weighted by Crippen LogP contribution is -2.47. The molecule has 0 fully saturated rings. The Morgan fingerprint density at radius 2 is 1.77 bits per heavy atom. The van der Waals surface area contributed by atoms with Crippen molar-refractivity contribution in [3.63, 3.8) is 0 Å². The fourth-order valence-electron chi connectivity index (χ4n) is 2.98. The smallest absolute Gasteiger partial charge is 0.274 e. The van der Waals surface area contributed by atoms with E-state index in [-0.39, 0.29) is 34.7 Å². The lowest BCUT2D eigenvalue weighted by molar-refractivity contribution is -0.385. The van der Waals surface area contributed by atoms with E-state index in [1.807, 2.05) is 0 Å². The number of carbonyl (C=O) groups excluding carboxylic acids is 1. The van der Waals surface area contributed by atoms with E-state index in [1.54, 1.807) is 6.92 Å². The van der Waals surface area contributed by atoms with Crippen molar-refractivity contribution in [1.82, 2.24) is 0 Å². The number of carbonyl (C=O) groups is 1. The van der Waals surface area contributed by atoms with Gasteiger partial charge in [-0.3, -0.25) is 29.3 Å². The monoisotopic (exact) mass is 436 g/mol. The molecule has 0 aliphatic heterocycles. The highest BCUT2D eigenvalue weighted by molar-refractivity contribution is 7.92. The van der Waals surface area contributed by atoms with E-state index in [2.05, 4.69) is 5.32 Å². The summed E-state index contributed by atoms with van der Waals surface area (Å²) >= 11 is 0. The molecule has 30 heavy (non-hydrogen) atoms. The van der Waals surface area contributed by atoms with E-state index >= 15 is 0 Å². The largest absolute Gasteiger partial charge is 0.324 e. The third kappa shape index (κ3) is 4.89. The Morgan fingerprint density at radius 1 is 1.13 bits per heavy atom. The topological polar surface area (TPSA) is 153 Å². The SMILES string of the molecule is CCC(C(=O)Nc1cccc([N+](=O)[O-])c1C)N(c1cccc([N+](=O)[O-])c1)S(C)(=O)=O. The molecule has 11 nitrogen and oxygen atoms in total. The minimum absolute atomic E-state index is 0.0375. The highest BCUT2D eigenvalue weighted by Crippen LogP contribution is 2.29. The summed E-state index contributed by atoms with van der Waals surface area (Å²) in [4.78, 5) is 33.9. The minimum atomic E-state index is -4.00. The summed E-state index contributed by atoms with van der Waals surface area (Å²) in [6.45, 7) is 3.05. The van der Waals surface area contributed by atoms with Crippen LogP contribution in [0.15, 0.2) is 42.5 Å². The first-order valence-electron chi connectivity index (χ1n) is 8.76. The Morgan fingerprint density at radius 3 is 2.30 bits per heavy atom. The van der Waals surface area contributed by atoms with Gasteiger partial charge in [0.2, 0.25) is 15.9 Å². The van der Waals surface area contributed by atoms with Gasteiger partial charge in [0.25, 0.3) is 11.4 Å². The molecule has 2 aromatic rings. The Kier molecular flexibility index (Phi) is 6.72. The number of nitrogens with zero attached hydrogens (tertiary/aromatic N) is 3. The van der Waals surface area contributed by atoms with E-state index in [0.717, 1.165) is 16.6 Å². The first-order chi connectivity index (χ1) is 14.0. The van der Waals surface area contributed by atoms with Crippen molar-refractivity contribution in [2.75, 3.05) is 15.9 Å². The number of nitro benzene ring substituents is 2. The second kappa shape index (κ2) is 8.86. The fourth-order valence-corrected chi connectivity index (χ4v) is 4.18. The second-order valence-electron chi connectivity index (χ2n) is 6.46. The zero-order valence-electron chi connectivity index (χ0n) is 16.4. The number of non-ortho nitro benzene ring substituents is 1. The van der Waals surface area contributed by atoms with Crippen LogP contribution >= 0.6 is 0 Å². The van der Waals surface area contributed by atoms with Crippen molar-refractivity contribution in [2.45, 2.75) is 26.3 Å². The molecule has 2 aromatic carbocycles. The van der Waals surface area contributed by atoms with Crippen LogP contribution in [0.4, 0.5) is 22.7 Å². The molecule has 12 heteroatoms. The van der Waals surface area contributed by atoms with Gasteiger partial charge in [0, 0.05) is 18.2 Å². The van der Waals surface area contributed by atoms with Gasteiger partial charge in [0.1, 0.15) is 6.04 Å². The van der Waals surface area contributed by atoms with E-state index in [0.29, 0.717) is 0 Å².